The Hall–Kier alpha value is -1.08. The maximum absolute atomic E-state index is 3.80. The lowest BCUT2D eigenvalue weighted by Crippen LogP contribution is -2.28. The van der Waals surface area contributed by atoms with Crippen LogP contribution >= 0.6 is 0 Å². The van der Waals surface area contributed by atoms with Gasteiger partial charge in [0.05, 0.1) is 0 Å². The van der Waals surface area contributed by atoms with Crippen molar-refractivity contribution in [1.29, 1.82) is 0 Å². The molecule has 1 atom stereocenters. The maximum Gasteiger partial charge on any atom is 0.00226 e. The zero-order chi connectivity index (χ0) is 11.8. The first kappa shape index (κ1) is 13.0. The first-order chi connectivity index (χ1) is 7.74. The number of allylic oxidation sites excluding steroid dienone is 1. The van der Waals surface area contributed by atoms with Crippen LogP contribution in [0.25, 0.3) is 0 Å². The molecular formula is C15H23N. The lowest BCUT2D eigenvalue weighted by molar-refractivity contribution is 0.511. The van der Waals surface area contributed by atoms with E-state index in [1.165, 1.54) is 12.0 Å². The number of rotatable bonds is 7. The first-order valence-corrected chi connectivity index (χ1v) is 6.13. The number of nitrogens with one attached hydrogen (secondary N) is 1. The molecule has 0 saturated heterocycles. The first-order valence-electron chi connectivity index (χ1n) is 6.13. The molecule has 0 fully saturated rings. The van der Waals surface area contributed by atoms with Gasteiger partial charge in [-0.2, -0.15) is 0 Å². The van der Waals surface area contributed by atoms with Crippen LogP contribution in [-0.4, -0.2) is 12.6 Å². The zero-order valence-electron chi connectivity index (χ0n) is 10.4. The molecule has 1 aromatic rings. The van der Waals surface area contributed by atoms with Crippen molar-refractivity contribution in [3.05, 3.63) is 48.6 Å². The minimum absolute atomic E-state index is 0.551. The predicted molar refractivity (Wildman–Crippen MR) is 71.8 cm³/mol. The van der Waals surface area contributed by atoms with E-state index in [9.17, 15) is 0 Å². The summed E-state index contributed by atoms with van der Waals surface area (Å²) in [6.45, 7) is 9.23. The molecule has 0 radical (unpaired) electrons. The molecule has 0 aliphatic rings. The molecule has 0 aromatic heterocycles. The van der Waals surface area contributed by atoms with Gasteiger partial charge in [-0.1, -0.05) is 50.3 Å². The summed E-state index contributed by atoms with van der Waals surface area (Å²) < 4.78 is 0. The second kappa shape index (κ2) is 7.24. The van der Waals surface area contributed by atoms with E-state index < -0.39 is 0 Å². The quantitative estimate of drug-likeness (QED) is 0.686. The summed E-state index contributed by atoms with van der Waals surface area (Å²) in [4.78, 5) is 0. The molecule has 0 aliphatic carbocycles. The van der Waals surface area contributed by atoms with Gasteiger partial charge in [0.15, 0.2) is 0 Å². The Morgan fingerprint density at radius 3 is 2.50 bits per heavy atom. The minimum Gasteiger partial charge on any atom is -0.314 e. The maximum atomic E-state index is 3.80. The molecule has 1 rings (SSSR count). The van der Waals surface area contributed by atoms with Crippen molar-refractivity contribution in [2.24, 2.45) is 0 Å². The second-order valence-electron chi connectivity index (χ2n) is 4.54. The van der Waals surface area contributed by atoms with E-state index in [1.54, 1.807) is 0 Å². The van der Waals surface area contributed by atoms with Crippen LogP contribution in [0.5, 0.6) is 0 Å². The van der Waals surface area contributed by atoms with Gasteiger partial charge in [-0.15, -0.1) is 6.58 Å². The van der Waals surface area contributed by atoms with Crippen LogP contribution in [0.4, 0.5) is 0 Å². The normalized spacial score (nSPS) is 12.7. The number of benzene rings is 1. The highest BCUT2D eigenvalue weighted by Gasteiger charge is 2.10. The van der Waals surface area contributed by atoms with Gasteiger partial charge < -0.3 is 5.32 Å². The summed E-state index contributed by atoms with van der Waals surface area (Å²) in [5, 5.41) is 3.52. The highest BCUT2D eigenvalue weighted by molar-refractivity contribution is 5.20. The standard InChI is InChI=1S/C15H23N/c1-4-5-9-15(12-16-13(2)3)14-10-7-6-8-11-14/h4,6-8,10-11,13,15-16H,1,5,9,12H2,2-3H3. The zero-order valence-corrected chi connectivity index (χ0v) is 10.4. The van der Waals surface area contributed by atoms with E-state index in [0.29, 0.717) is 12.0 Å². The van der Waals surface area contributed by atoms with E-state index in [1.807, 2.05) is 6.08 Å². The van der Waals surface area contributed by atoms with Crippen molar-refractivity contribution in [1.82, 2.24) is 5.32 Å². The van der Waals surface area contributed by atoms with Crippen LogP contribution in [0.3, 0.4) is 0 Å². The molecular weight excluding hydrogens is 194 g/mol. The van der Waals surface area contributed by atoms with Gasteiger partial charge >= 0.3 is 0 Å². The molecule has 88 valence electrons. The Kier molecular flexibility index (Phi) is 5.87. The Balaban J connectivity index is 2.59. The lowest BCUT2D eigenvalue weighted by atomic mass is 9.94. The molecule has 1 aromatic carbocycles. The molecule has 1 unspecified atom stereocenters. The third-order valence-electron chi connectivity index (χ3n) is 2.76. The van der Waals surface area contributed by atoms with Crippen LogP contribution in [0.15, 0.2) is 43.0 Å². The smallest absolute Gasteiger partial charge is 0.00226 e. The fraction of sp³-hybridized carbons (Fsp3) is 0.467. The van der Waals surface area contributed by atoms with Gasteiger partial charge in [0.25, 0.3) is 0 Å². The molecule has 1 N–H and O–H groups in total. The Labute approximate surface area is 99.6 Å². The Bertz CT molecular complexity index is 290. The predicted octanol–water partition coefficient (Wildman–Crippen LogP) is 3.73. The largest absolute Gasteiger partial charge is 0.314 e. The minimum atomic E-state index is 0.551. The van der Waals surface area contributed by atoms with E-state index >= 15 is 0 Å². The molecule has 1 heteroatoms. The van der Waals surface area contributed by atoms with Crippen LogP contribution in [0.2, 0.25) is 0 Å². The van der Waals surface area contributed by atoms with Crippen LogP contribution in [-0.2, 0) is 0 Å². The van der Waals surface area contributed by atoms with E-state index in [-0.39, 0.29) is 0 Å². The average molecular weight is 217 g/mol. The summed E-state index contributed by atoms with van der Waals surface area (Å²) in [5.41, 5.74) is 1.43. The molecule has 0 saturated carbocycles. The van der Waals surface area contributed by atoms with Gasteiger partial charge in [0.1, 0.15) is 0 Å². The molecule has 0 aliphatic heterocycles. The van der Waals surface area contributed by atoms with Crippen molar-refractivity contribution >= 4 is 0 Å². The van der Waals surface area contributed by atoms with Crippen molar-refractivity contribution in [3.63, 3.8) is 0 Å². The van der Waals surface area contributed by atoms with Gasteiger partial charge in [-0.3, -0.25) is 0 Å². The topological polar surface area (TPSA) is 12.0 Å². The summed E-state index contributed by atoms with van der Waals surface area (Å²) in [7, 11) is 0. The summed E-state index contributed by atoms with van der Waals surface area (Å²) in [5.74, 6) is 0.599. The Morgan fingerprint density at radius 1 is 1.25 bits per heavy atom. The summed E-state index contributed by atoms with van der Waals surface area (Å²) in [6.07, 6.45) is 4.26. The van der Waals surface area contributed by atoms with E-state index in [0.717, 1.165) is 13.0 Å². The fourth-order valence-corrected chi connectivity index (χ4v) is 1.81. The van der Waals surface area contributed by atoms with Crippen molar-refractivity contribution < 1.29 is 0 Å². The third kappa shape index (κ3) is 4.63. The van der Waals surface area contributed by atoms with Crippen molar-refractivity contribution in [2.45, 2.75) is 38.6 Å². The SMILES string of the molecule is C=CCCC(CNC(C)C)c1ccccc1. The van der Waals surface area contributed by atoms with Gasteiger partial charge in [0, 0.05) is 12.6 Å². The highest BCUT2D eigenvalue weighted by atomic mass is 14.9. The molecule has 16 heavy (non-hydrogen) atoms. The van der Waals surface area contributed by atoms with Gasteiger partial charge in [-0.25, -0.2) is 0 Å². The van der Waals surface area contributed by atoms with Crippen molar-refractivity contribution in [3.8, 4) is 0 Å². The molecule has 0 spiro atoms. The van der Waals surface area contributed by atoms with Gasteiger partial charge in [0.2, 0.25) is 0 Å². The third-order valence-corrected chi connectivity index (χ3v) is 2.76. The molecule has 1 nitrogen and oxygen atoms in total. The van der Waals surface area contributed by atoms with Gasteiger partial charge in [-0.05, 0) is 24.3 Å². The highest BCUT2D eigenvalue weighted by Crippen LogP contribution is 2.20. The summed E-state index contributed by atoms with van der Waals surface area (Å²) >= 11 is 0. The fourth-order valence-electron chi connectivity index (χ4n) is 1.81. The van der Waals surface area contributed by atoms with Crippen LogP contribution in [0.1, 0.15) is 38.2 Å². The number of hydrogen-bond acceptors (Lipinski definition) is 1. The van der Waals surface area contributed by atoms with E-state index in [4.69, 9.17) is 0 Å². The van der Waals surface area contributed by atoms with E-state index in [2.05, 4.69) is 56.1 Å². The number of hydrogen-bond donors (Lipinski definition) is 1. The second-order valence-corrected chi connectivity index (χ2v) is 4.54. The average Bonchev–Trinajstić information content (AvgIpc) is 2.30. The Morgan fingerprint density at radius 2 is 1.94 bits per heavy atom. The van der Waals surface area contributed by atoms with Crippen LogP contribution in [0, 0.1) is 0 Å². The van der Waals surface area contributed by atoms with Crippen LogP contribution < -0.4 is 5.32 Å². The molecule has 0 amide bonds. The lowest BCUT2D eigenvalue weighted by Gasteiger charge is -2.19. The molecule has 0 heterocycles. The molecule has 0 bridgehead atoms. The monoisotopic (exact) mass is 217 g/mol. The van der Waals surface area contributed by atoms with Crippen molar-refractivity contribution in [2.75, 3.05) is 6.54 Å². The summed E-state index contributed by atoms with van der Waals surface area (Å²) in [6, 6.07) is 11.3.